The van der Waals surface area contributed by atoms with Gasteiger partial charge < -0.3 is 0 Å². The molecule has 100 valence electrons. The van der Waals surface area contributed by atoms with E-state index in [2.05, 4.69) is 5.10 Å². The number of hydrogen-bond acceptors (Lipinski definition) is 2. The number of Topliss-reactive ketones (excluding diaryl/α,β-unsaturated/α-hetero) is 1. The van der Waals surface area contributed by atoms with E-state index < -0.39 is 0 Å². The third kappa shape index (κ3) is 3.97. The fraction of sp³-hybridized carbons (Fsp3) is 0.733. The first-order valence-electron chi connectivity index (χ1n) is 7.24. The number of carbonyl (C=O) groups excluding carboxylic acids is 1. The first-order chi connectivity index (χ1) is 8.75. The standard InChI is InChI=1S/C15H24N2O/c1-17-14(11-12-16-17)8-10-15(18)9-7-13-5-3-2-4-6-13/h11-13H,2-10H2,1H3. The highest BCUT2D eigenvalue weighted by Gasteiger charge is 2.14. The fourth-order valence-corrected chi connectivity index (χ4v) is 2.88. The quantitative estimate of drug-likeness (QED) is 0.774. The number of ketones is 1. The van der Waals surface area contributed by atoms with Crippen molar-refractivity contribution in [2.24, 2.45) is 13.0 Å². The molecule has 0 radical (unpaired) electrons. The van der Waals surface area contributed by atoms with Crippen LogP contribution < -0.4 is 0 Å². The maximum Gasteiger partial charge on any atom is 0.133 e. The third-order valence-electron chi connectivity index (χ3n) is 4.14. The molecule has 2 rings (SSSR count). The highest BCUT2D eigenvalue weighted by atomic mass is 16.1. The smallest absolute Gasteiger partial charge is 0.133 e. The first kappa shape index (κ1) is 13.3. The van der Waals surface area contributed by atoms with Crippen LogP contribution in [0.25, 0.3) is 0 Å². The lowest BCUT2D eigenvalue weighted by atomic mass is 9.85. The number of nitrogens with zero attached hydrogens (tertiary/aromatic N) is 2. The molecule has 1 aromatic rings. The fourth-order valence-electron chi connectivity index (χ4n) is 2.88. The van der Waals surface area contributed by atoms with Crippen molar-refractivity contribution < 1.29 is 4.79 Å². The van der Waals surface area contributed by atoms with Crippen LogP contribution in [-0.4, -0.2) is 15.6 Å². The highest BCUT2D eigenvalue weighted by molar-refractivity contribution is 5.78. The van der Waals surface area contributed by atoms with E-state index in [4.69, 9.17) is 0 Å². The summed E-state index contributed by atoms with van der Waals surface area (Å²) in [5, 5.41) is 4.12. The van der Waals surface area contributed by atoms with Gasteiger partial charge in [0.15, 0.2) is 0 Å². The molecule has 0 saturated heterocycles. The van der Waals surface area contributed by atoms with E-state index in [1.165, 1.54) is 32.1 Å². The molecule has 0 aliphatic heterocycles. The molecule has 3 heteroatoms. The largest absolute Gasteiger partial charge is 0.300 e. The van der Waals surface area contributed by atoms with E-state index in [0.29, 0.717) is 12.2 Å². The molecule has 1 aromatic heterocycles. The van der Waals surface area contributed by atoms with Gasteiger partial charge in [0, 0.05) is 31.8 Å². The molecule has 18 heavy (non-hydrogen) atoms. The van der Waals surface area contributed by atoms with Crippen LogP contribution in [0, 0.1) is 5.92 Å². The second kappa shape index (κ2) is 6.72. The van der Waals surface area contributed by atoms with E-state index >= 15 is 0 Å². The summed E-state index contributed by atoms with van der Waals surface area (Å²) in [6.07, 6.45) is 12.0. The molecule has 0 amide bonds. The van der Waals surface area contributed by atoms with Crippen LogP contribution in [0.3, 0.4) is 0 Å². The maximum atomic E-state index is 11.9. The molecule has 3 nitrogen and oxygen atoms in total. The van der Waals surface area contributed by atoms with E-state index in [1.54, 1.807) is 6.20 Å². The van der Waals surface area contributed by atoms with Crippen LogP contribution in [0.1, 0.15) is 57.1 Å². The number of aryl methyl sites for hydroxylation is 2. The minimum atomic E-state index is 0.418. The van der Waals surface area contributed by atoms with Gasteiger partial charge in [0.1, 0.15) is 5.78 Å². The van der Waals surface area contributed by atoms with Crippen LogP contribution >= 0.6 is 0 Å². The van der Waals surface area contributed by atoms with Gasteiger partial charge in [-0.2, -0.15) is 5.10 Å². The third-order valence-corrected chi connectivity index (χ3v) is 4.14. The number of aromatic nitrogens is 2. The van der Waals surface area contributed by atoms with Crippen LogP contribution in [0.2, 0.25) is 0 Å². The zero-order valence-electron chi connectivity index (χ0n) is 11.4. The first-order valence-corrected chi connectivity index (χ1v) is 7.24. The predicted octanol–water partition coefficient (Wildman–Crippen LogP) is 3.28. The Labute approximate surface area is 110 Å². The maximum absolute atomic E-state index is 11.9. The molecule has 0 aromatic carbocycles. The van der Waals surface area contributed by atoms with Crippen molar-refractivity contribution in [3.8, 4) is 0 Å². The van der Waals surface area contributed by atoms with Crippen molar-refractivity contribution in [2.75, 3.05) is 0 Å². The van der Waals surface area contributed by atoms with Gasteiger partial charge in [0.2, 0.25) is 0 Å². The minimum Gasteiger partial charge on any atom is -0.300 e. The lowest BCUT2D eigenvalue weighted by Crippen LogP contribution is -2.10. The molecule has 0 bridgehead atoms. The van der Waals surface area contributed by atoms with Crippen molar-refractivity contribution in [1.82, 2.24) is 9.78 Å². The monoisotopic (exact) mass is 248 g/mol. The molecular formula is C15H24N2O. The lowest BCUT2D eigenvalue weighted by Gasteiger charge is -2.20. The summed E-state index contributed by atoms with van der Waals surface area (Å²) in [5.74, 6) is 1.24. The van der Waals surface area contributed by atoms with Gasteiger partial charge in [-0.1, -0.05) is 32.1 Å². The Balaban J connectivity index is 1.64. The molecule has 1 aliphatic carbocycles. The molecular weight excluding hydrogens is 224 g/mol. The summed E-state index contributed by atoms with van der Waals surface area (Å²) in [6, 6.07) is 1.99. The number of hydrogen-bond donors (Lipinski definition) is 0. The van der Waals surface area contributed by atoms with Crippen molar-refractivity contribution >= 4 is 5.78 Å². The molecule has 1 fully saturated rings. The Bertz CT molecular complexity index is 378. The molecule has 0 unspecified atom stereocenters. The average Bonchev–Trinajstić information content (AvgIpc) is 2.81. The van der Waals surface area contributed by atoms with E-state index in [-0.39, 0.29) is 0 Å². The molecule has 0 spiro atoms. The average molecular weight is 248 g/mol. The number of rotatable bonds is 6. The van der Waals surface area contributed by atoms with Gasteiger partial charge >= 0.3 is 0 Å². The van der Waals surface area contributed by atoms with Gasteiger partial charge in [-0.3, -0.25) is 9.48 Å². The van der Waals surface area contributed by atoms with Crippen molar-refractivity contribution in [2.45, 2.75) is 57.8 Å². The lowest BCUT2D eigenvalue weighted by molar-refractivity contribution is -0.119. The van der Waals surface area contributed by atoms with E-state index in [9.17, 15) is 4.79 Å². The summed E-state index contributed by atoms with van der Waals surface area (Å²) in [6.45, 7) is 0. The van der Waals surface area contributed by atoms with Crippen molar-refractivity contribution in [1.29, 1.82) is 0 Å². The van der Waals surface area contributed by atoms with Crippen LogP contribution in [0.5, 0.6) is 0 Å². The van der Waals surface area contributed by atoms with Gasteiger partial charge in [-0.05, 0) is 24.8 Å². The Morgan fingerprint density at radius 1 is 1.33 bits per heavy atom. The van der Waals surface area contributed by atoms with Crippen LogP contribution in [0.4, 0.5) is 0 Å². The van der Waals surface area contributed by atoms with Gasteiger partial charge in [-0.15, -0.1) is 0 Å². The Morgan fingerprint density at radius 3 is 2.78 bits per heavy atom. The SMILES string of the molecule is Cn1nccc1CCC(=O)CCC1CCCCC1. The zero-order valence-corrected chi connectivity index (χ0v) is 11.4. The molecule has 0 atom stereocenters. The summed E-state index contributed by atoms with van der Waals surface area (Å²) in [4.78, 5) is 11.9. The van der Waals surface area contributed by atoms with Gasteiger partial charge in [0.25, 0.3) is 0 Å². The van der Waals surface area contributed by atoms with E-state index in [1.807, 2.05) is 17.8 Å². The summed E-state index contributed by atoms with van der Waals surface area (Å²) < 4.78 is 1.86. The van der Waals surface area contributed by atoms with E-state index in [0.717, 1.165) is 30.9 Å². The van der Waals surface area contributed by atoms with Crippen molar-refractivity contribution in [3.63, 3.8) is 0 Å². The van der Waals surface area contributed by atoms with Crippen molar-refractivity contribution in [3.05, 3.63) is 18.0 Å². The zero-order chi connectivity index (χ0) is 12.8. The Morgan fingerprint density at radius 2 is 2.11 bits per heavy atom. The highest BCUT2D eigenvalue weighted by Crippen LogP contribution is 2.27. The molecule has 1 heterocycles. The molecule has 1 saturated carbocycles. The van der Waals surface area contributed by atoms with Gasteiger partial charge in [-0.25, -0.2) is 0 Å². The molecule has 1 aliphatic rings. The normalized spacial score (nSPS) is 16.9. The predicted molar refractivity (Wildman–Crippen MR) is 72.3 cm³/mol. The topological polar surface area (TPSA) is 34.9 Å². The Hall–Kier alpha value is -1.12. The van der Waals surface area contributed by atoms with Crippen LogP contribution in [0.15, 0.2) is 12.3 Å². The minimum absolute atomic E-state index is 0.418. The number of carbonyl (C=O) groups is 1. The second-order valence-electron chi connectivity index (χ2n) is 5.53. The van der Waals surface area contributed by atoms with Crippen LogP contribution in [-0.2, 0) is 18.3 Å². The second-order valence-corrected chi connectivity index (χ2v) is 5.53. The summed E-state index contributed by atoms with van der Waals surface area (Å²) in [5.41, 5.74) is 1.15. The summed E-state index contributed by atoms with van der Waals surface area (Å²) >= 11 is 0. The van der Waals surface area contributed by atoms with Gasteiger partial charge in [0.05, 0.1) is 0 Å². The summed E-state index contributed by atoms with van der Waals surface area (Å²) in [7, 11) is 1.93. The molecule has 0 N–H and O–H groups in total. The Kier molecular flexibility index (Phi) is 4.97.